The number of aryl methyl sites for hydroxylation is 2. The Morgan fingerprint density at radius 2 is 1.81 bits per heavy atom. The van der Waals surface area contributed by atoms with E-state index in [0.717, 1.165) is 16.8 Å². The summed E-state index contributed by atoms with van der Waals surface area (Å²) in [5.74, 6) is 0.201. The van der Waals surface area contributed by atoms with E-state index < -0.39 is 0 Å². The van der Waals surface area contributed by atoms with Crippen LogP contribution >= 0.6 is 0 Å². The molecule has 0 spiro atoms. The van der Waals surface area contributed by atoms with Crippen LogP contribution in [0.25, 0.3) is 5.69 Å². The van der Waals surface area contributed by atoms with Crippen LogP contribution in [0.2, 0.25) is 0 Å². The van der Waals surface area contributed by atoms with Crippen molar-refractivity contribution in [3.05, 3.63) is 71.1 Å². The molecule has 0 fully saturated rings. The molecule has 0 atom stereocenters. The van der Waals surface area contributed by atoms with Crippen molar-refractivity contribution in [1.29, 1.82) is 0 Å². The summed E-state index contributed by atoms with van der Waals surface area (Å²) in [5.41, 5.74) is 3.49. The fourth-order valence-electron chi connectivity index (χ4n) is 2.82. The minimum Gasteiger partial charge on any atom is -0.319 e. The van der Waals surface area contributed by atoms with Crippen molar-refractivity contribution >= 4 is 11.6 Å². The summed E-state index contributed by atoms with van der Waals surface area (Å²) in [6.07, 6.45) is 0. The van der Waals surface area contributed by atoms with E-state index in [2.05, 4.69) is 29.2 Å². The van der Waals surface area contributed by atoms with Gasteiger partial charge in [0.2, 0.25) is 5.82 Å². The van der Waals surface area contributed by atoms with Crippen LogP contribution in [-0.2, 0) is 0 Å². The third-order valence-corrected chi connectivity index (χ3v) is 4.21. The van der Waals surface area contributed by atoms with Crippen LogP contribution in [0, 0.1) is 19.7 Å². The summed E-state index contributed by atoms with van der Waals surface area (Å²) in [4.78, 5) is 16.9. The monoisotopic (exact) mass is 352 g/mol. The molecule has 3 rings (SSSR count). The molecule has 2 aromatic carbocycles. The number of hydrogen-bond acceptors (Lipinski definition) is 3. The molecule has 0 aliphatic heterocycles. The van der Waals surface area contributed by atoms with Gasteiger partial charge in [-0.25, -0.2) is 14.1 Å². The molecule has 0 aliphatic carbocycles. The van der Waals surface area contributed by atoms with Crippen molar-refractivity contribution in [3.63, 3.8) is 0 Å². The maximum Gasteiger partial charge on any atom is 0.295 e. The molecule has 6 heteroatoms. The van der Waals surface area contributed by atoms with Crippen LogP contribution in [0.1, 0.15) is 47.3 Å². The van der Waals surface area contributed by atoms with Crippen molar-refractivity contribution in [3.8, 4) is 5.69 Å². The van der Waals surface area contributed by atoms with Gasteiger partial charge >= 0.3 is 0 Å². The first kappa shape index (κ1) is 17.8. The number of hydrogen-bond donors (Lipinski definition) is 1. The molecular formula is C20H21FN4O. The van der Waals surface area contributed by atoms with Crippen LogP contribution in [0.3, 0.4) is 0 Å². The molecule has 0 saturated carbocycles. The lowest BCUT2D eigenvalue weighted by molar-refractivity contribution is 0.101. The smallest absolute Gasteiger partial charge is 0.295 e. The number of carbonyl (C=O) groups is 1. The summed E-state index contributed by atoms with van der Waals surface area (Å²) >= 11 is 0. The van der Waals surface area contributed by atoms with Crippen LogP contribution in [-0.4, -0.2) is 20.7 Å². The largest absolute Gasteiger partial charge is 0.319 e. The van der Waals surface area contributed by atoms with E-state index in [0.29, 0.717) is 11.5 Å². The van der Waals surface area contributed by atoms with Gasteiger partial charge in [-0.3, -0.25) is 4.79 Å². The van der Waals surface area contributed by atoms with Crippen molar-refractivity contribution in [2.24, 2.45) is 0 Å². The molecule has 0 bridgehead atoms. The zero-order chi connectivity index (χ0) is 18.8. The lowest BCUT2D eigenvalue weighted by atomic mass is 9.98. The van der Waals surface area contributed by atoms with Crippen LogP contribution in [0.15, 0.2) is 42.5 Å². The maximum atomic E-state index is 13.1. The van der Waals surface area contributed by atoms with Crippen LogP contribution in [0.5, 0.6) is 0 Å². The molecule has 1 heterocycles. The zero-order valence-electron chi connectivity index (χ0n) is 15.2. The van der Waals surface area contributed by atoms with Gasteiger partial charge in [0.15, 0.2) is 0 Å². The van der Waals surface area contributed by atoms with Gasteiger partial charge in [0.05, 0.1) is 5.69 Å². The molecule has 0 aliphatic rings. The van der Waals surface area contributed by atoms with Gasteiger partial charge in [0.25, 0.3) is 5.91 Å². The highest BCUT2D eigenvalue weighted by Gasteiger charge is 2.18. The first-order chi connectivity index (χ1) is 12.4. The van der Waals surface area contributed by atoms with E-state index in [4.69, 9.17) is 0 Å². The van der Waals surface area contributed by atoms with Gasteiger partial charge in [-0.2, -0.15) is 0 Å². The number of halogens is 1. The first-order valence-electron chi connectivity index (χ1n) is 8.47. The highest BCUT2D eigenvalue weighted by atomic mass is 19.1. The van der Waals surface area contributed by atoms with Crippen LogP contribution < -0.4 is 5.32 Å². The van der Waals surface area contributed by atoms with Crippen LogP contribution in [0.4, 0.5) is 10.1 Å². The maximum absolute atomic E-state index is 13.1. The van der Waals surface area contributed by atoms with Gasteiger partial charge in [0.1, 0.15) is 11.6 Å². The number of para-hydroxylation sites is 1. The summed E-state index contributed by atoms with van der Waals surface area (Å²) in [6.45, 7) is 7.86. The third kappa shape index (κ3) is 3.49. The van der Waals surface area contributed by atoms with E-state index in [1.165, 1.54) is 16.8 Å². The molecule has 1 N–H and O–H groups in total. The standard InChI is InChI=1S/C20H21FN4O/c1-12(2)17-7-5-6-13(3)18(17)23-20(26)19-22-14(4)25(24-19)16-10-8-15(21)9-11-16/h5-12H,1-4H3,(H,23,26). The topological polar surface area (TPSA) is 59.8 Å². The number of nitrogens with one attached hydrogen (secondary N) is 1. The third-order valence-electron chi connectivity index (χ3n) is 4.21. The van der Waals surface area contributed by atoms with E-state index in [9.17, 15) is 9.18 Å². The average molecular weight is 352 g/mol. The molecule has 0 unspecified atom stereocenters. The summed E-state index contributed by atoms with van der Waals surface area (Å²) in [5, 5.41) is 7.22. The molecule has 134 valence electrons. The highest BCUT2D eigenvalue weighted by molar-refractivity contribution is 6.02. The molecule has 3 aromatic rings. The lowest BCUT2D eigenvalue weighted by Crippen LogP contribution is -2.16. The van der Waals surface area contributed by atoms with E-state index in [1.54, 1.807) is 19.1 Å². The van der Waals surface area contributed by atoms with Gasteiger partial charge < -0.3 is 5.32 Å². The van der Waals surface area contributed by atoms with Gasteiger partial charge in [-0.1, -0.05) is 32.0 Å². The number of carbonyl (C=O) groups excluding carboxylic acids is 1. The van der Waals surface area contributed by atoms with Crippen molar-refractivity contribution < 1.29 is 9.18 Å². The summed E-state index contributed by atoms with van der Waals surface area (Å²) in [7, 11) is 0. The normalized spacial score (nSPS) is 11.0. The second-order valence-electron chi connectivity index (χ2n) is 6.52. The fourth-order valence-corrected chi connectivity index (χ4v) is 2.82. The predicted octanol–water partition coefficient (Wildman–Crippen LogP) is 4.40. The summed E-state index contributed by atoms with van der Waals surface area (Å²) < 4.78 is 14.6. The Hall–Kier alpha value is -3.02. The zero-order valence-corrected chi connectivity index (χ0v) is 15.2. The van der Waals surface area contributed by atoms with E-state index in [1.807, 2.05) is 25.1 Å². The van der Waals surface area contributed by atoms with Crippen molar-refractivity contribution in [2.45, 2.75) is 33.6 Å². The van der Waals surface area contributed by atoms with Gasteiger partial charge in [0, 0.05) is 5.69 Å². The predicted molar refractivity (Wildman–Crippen MR) is 99.3 cm³/mol. The van der Waals surface area contributed by atoms with Gasteiger partial charge in [-0.15, -0.1) is 5.10 Å². The highest BCUT2D eigenvalue weighted by Crippen LogP contribution is 2.27. The molecule has 0 saturated heterocycles. The summed E-state index contributed by atoms with van der Waals surface area (Å²) in [6, 6.07) is 11.8. The van der Waals surface area contributed by atoms with Crippen molar-refractivity contribution in [1.82, 2.24) is 14.8 Å². The van der Waals surface area contributed by atoms with E-state index >= 15 is 0 Å². The second kappa shape index (κ2) is 7.07. The SMILES string of the molecule is Cc1cccc(C(C)C)c1NC(=O)c1nc(C)n(-c2ccc(F)cc2)n1. The average Bonchev–Trinajstić information content (AvgIpc) is 2.99. The van der Waals surface area contributed by atoms with Gasteiger partial charge in [-0.05, 0) is 55.2 Å². The number of benzene rings is 2. The molecule has 0 radical (unpaired) electrons. The Bertz CT molecular complexity index is 945. The Kier molecular flexibility index (Phi) is 4.84. The minimum atomic E-state index is -0.370. The number of rotatable bonds is 4. The Morgan fingerprint density at radius 1 is 1.12 bits per heavy atom. The van der Waals surface area contributed by atoms with E-state index in [-0.39, 0.29) is 23.5 Å². The quantitative estimate of drug-likeness (QED) is 0.757. The Labute approximate surface area is 151 Å². The lowest BCUT2D eigenvalue weighted by Gasteiger charge is -2.15. The Balaban J connectivity index is 1.91. The molecule has 1 aromatic heterocycles. The molecular weight excluding hydrogens is 331 g/mol. The minimum absolute atomic E-state index is 0.0739. The number of anilines is 1. The number of amides is 1. The fraction of sp³-hybridized carbons (Fsp3) is 0.250. The first-order valence-corrected chi connectivity index (χ1v) is 8.47. The number of nitrogens with zero attached hydrogens (tertiary/aromatic N) is 3. The molecule has 26 heavy (non-hydrogen) atoms. The second-order valence-corrected chi connectivity index (χ2v) is 6.52. The number of aromatic nitrogens is 3. The molecule has 1 amide bonds. The Morgan fingerprint density at radius 3 is 2.46 bits per heavy atom. The molecule has 5 nitrogen and oxygen atoms in total. The van der Waals surface area contributed by atoms with Crippen molar-refractivity contribution in [2.75, 3.05) is 5.32 Å².